The van der Waals surface area contributed by atoms with Gasteiger partial charge in [-0.3, -0.25) is 9.52 Å². The largest absolute Gasteiger partial charge is 0.346 e. The second-order valence-corrected chi connectivity index (χ2v) is 9.66. The Kier molecular flexibility index (Phi) is 5.83. The van der Waals surface area contributed by atoms with E-state index in [0.29, 0.717) is 16.8 Å². The predicted octanol–water partition coefficient (Wildman–Crippen LogP) is 4.78. The Labute approximate surface area is 183 Å². The highest BCUT2D eigenvalue weighted by Crippen LogP contribution is 2.26. The third-order valence-electron chi connectivity index (χ3n) is 5.85. The Balaban J connectivity index is 1.53. The lowest BCUT2D eigenvalue weighted by Crippen LogP contribution is -2.27. The van der Waals surface area contributed by atoms with Gasteiger partial charge in [-0.1, -0.05) is 42.5 Å². The lowest BCUT2D eigenvalue weighted by molar-refractivity contribution is 0.0939. The molecule has 0 aliphatic heterocycles. The Morgan fingerprint density at radius 1 is 0.935 bits per heavy atom. The van der Waals surface area contributed by atoms with E-state index in [1.807, 2.05) is 6.92 Å². The van der Waals surface area contributed by atoms with Gasteiger partial charge in [0.1, 0.15) is 0 Å². The van der Waals surface area contributed by atoms with Crippen LogP contribution in [0.5, 0.6) is 0 Å². The van der Waals surface area contributed by atoms with E-state index in [4.69, 9.17) is 0 Å². The number of nitrogens with one attached hydrogen (secondary N) is 2. The third-order valence-corrected chi connectivity index (χ3v) is 7.23. The Morgan fingerprint density at radius 3 is 2.45 bits per heavy atom. The molecule has 0 fully saturated rings. The van der Waals surface area contributed by atoms with Crippen LogP contribution in [0.25, 0.3) is 0 Å². The van der Waals surface area contributed by atoms with Gasteiger partial charge in [-0.2, -0.15) is 0 Å². The first-order chi connectivity index (χ1) is 14.8. The lowest BCUT2D eigenvalue weighted by Gasteiger charge is -2.18. The molecule has 0 aromatic heterocycles. The molecule has 3 aromatic carbocycles. The van der Waals surface area contributed by atoms with Crippen LogP contribution >= 0.6 is 0 Å². The monoisotopic (exact) mass is 434 g/mol. The molecule has 1 aliphatic carbocycles. The summed E-state index contributed by atoms with van der Waals surface area (Å²) < 4.78 is 28.0. The number of aryl methyl sites for hydroxylation is 2. The van der Waals surface area contributed by atoms with E-state index in [1.165, 1.54) is 29.7 Å². The molecule has 0 spiro atoms. The van der Waals surface area contributed by atoms with E-state index >= 15 is 0 Å². The van der Waals surface area contributed by atoms with Crippen molar-refractivity contribution in [1.82, 2.24) is 5.32 Å². The van der Waals surface area contributed by atoms with Crippen molar-refractivity contribution >= 4 is 21.6 Å². The Bertz CT molecular complexity index is 1220. The molecule has 1 amide bonds. The summed E-state index contributed by atoms with van der Waals surface area (Å²) in [5.41, 5.74) is 5.26. The van der Waals surface area contributed by atoms with Crippen LogP contribution in [-0.4, -0.2) is 14.3 Å². The molecular weight excluding hydrogens is 408 g/mol. The fourth-order valence-electron chi connectivity index (χ4n) is 4.01. The number of carbonyl (C=O) groups is 1. The number of anilines is 1. The van der Waals surface area contributed by atoms with Crippen molar-refractivity contribution < 1.29 is 13.2 Å². The van der Waals surface area contributed by atoms with E-state index in [0.717, 1.165) is 18.4 Å². The number of hydrogen-bond acceptors (Lipinski definition) is 3. The highest BCUT2D eigenvalue weighted by Gasteiger charge is 2.20. The summed E-state index contributed by atoms with van der Waals surface area (Å²) in [6.07, 6.45) is 3.40. The molecule has 0 saturated carbocycles. The number of fused-ring (bicyclic) bond motifs is 1. The van der Waals surface area contributed by atoms with Crippen molar-refractivity contribution in [3.05, 3.63) is 94.5 Å². The van der Waals surface area contributed by atoms with E-state index in [2.05, 4.69) is 28.2 Å². The van der Waals surface area contributed by atoms with Crippen LogP contribution in [0.1, 0.15) is 52.0 Å². The van der Waals surface area contributed by atoms with Gasteiger partial charge in [0.2, 0.25) is 0 Å². The summed E-state index contributed by atoms with van der Waals surface area (Å²) in [4.78, 5) is 13.2. The molecule has 0 bridgehead atoms. The minimum Gasteiger partial charge on any atom is -0.346 e. The van der Waals surface area contributed by atoms with Gasteiger partial charge < -0.3 is 5.32 Å². The number of hydrogen-bond donors (Lipinski definition) is 2. The fraction of sp³-hybridized carbons (Fsp3) is 0.240. The van der Waals surface area contributed by atoms with Gasteiger partial charge in [0, 0.05) is 5.56 Å². The van der Waals surface area contributed by atoms with E-state index < -0.39 is 10.0 Å². The molecule has 3 aromatic rings. The second-order valence-electron chi connectivity index (χ2n) is 7.97. The first-order valence-corrected chi connectivity index (χ1v) is 11.9. The van der Waals surface area contributed by atoms with Crippen LogP contribution in [0.4, 0.5) is 5.69 Å². The first-order valence-electron chi connectivity index (χ1n) is 10.5. The maximum atomic E-state index is 13.0. The summed E-state index contributed by atoms with van der Waals surface area (Å²) >= 11 is 0. The smallest absolute Gasteiger partial charge is 0.261 e. The zero-order valence-corrected chi connectivity index (χ0v) is 18.5. The van der Waals surface area contributed by atoms with E-state index in [9.17, 15) is 13.2 Å². The minimum atomic E-state index is -3.73. The van der Waals surface area contributed by atoms with Crippen molar-refractivity contribution in [1.29, 1.82) is 0 Å². The molecule has 1 aliphatic rings. The highest BCUT2D eigenvalue weighted by atomic mass is 32.2. The van der Waals surface area contributed by atoms with Gasteiger partial charge >= 0.3 is 0 Å². The van der Waals surface area contributed by atoms with Gasteiger partial charge in [0.15, 0.2) is 0 Å². The van der Waals surface area contributed by atoms with Gasteiger partial charge in [-0.15, -0.1) is 0 Å². The molecule has 160 valence electrons. The standard InChI is InChI=1S/C25H26N2O3S/c1-17-23(12-7-13-24(17)27-31(29,30)22-10-4-3-5-11-22)25(28)26-18(2)20-15-14-19-8-6-9-21(19)16-20/h3-5,7,10-16,18,27H,6,8-9H2,1-2H3,(H,26,28)/t18-/m0/s1. The van der Waals surface area contributed by atoms with Crippen LogP contribution < -0.4 is 10.0 Å². The summed E-state index contributed by atoms with van der Waals surface area (Å²) in [5, 5.41) is 3.05. The van der Waals surface area contributed by atoms with Crippen LogP contribution in [0.2, 0.25) is 0 Å². The summed E-state index contributed by atoms with van der Waals surface area (Å²) in [6, 6.07) is 19.5. The average molecular weight is 435 g/mol. The van der Waals surface area contributed by atoms with Gasteiger partial charge in [0.05, 0.1) is 16.6 Å². The zero-order chi connectivity index (χ0) is 22.0. The van der Waals surface area contributed by atoms with Crippen LogP contribution in [0.15, 0.2) is 71.6 Å². The van der Waals surface area contributed by atoms with E-state index in [-0.39, 0.29) is 16.8 Å². The highest BCUT2D eigenvalue weighted by molar-refractivity contribution is 7.92. The first kappa shape index (κ1) is 21.1. The molecular formula is C25H26N2O3S. The van der Waals surface area contributed by atoms with Gasteiger partial charge in [0.25, 0.3) is 15.9 Å². The molecule has 4 rings (SSSR count). The van der Waals surface area contributed by atoms with Gasteiger partial charge in [-0.05, 0) is 79.6 Å². The van der Waals surface area contributed by atoms with Crippen LogP contribution in [-0.2, 0) is 22.9 Å². The molecule has 31 heavy (non-hydrogen) atoms. The molecule has 2 N–H and O–H groups in total. The predicted molar refractivity (Wildman–Crippen MR) is 123 cm³/mol. The summed E-state index contributed by atoms with van der Waals surface area (Å²) in [6.45, 7) is 3.71. The molecule has 0 unspecified atom stereocenters. The van der Waals surface area contributed by atoms with Crippen molar-refractivity contribution in [2.45, 2.75) is 44.0 Å². The van der Waals surface area contributed by atoms with Crippen LogP contribution in [0, 0.1) is 6.92 Å². The maximum Gasteiger partial charge on any atom is 0.261 e. The number of rotatable bonds is 6. The topological polar surface area (TPSA) is 75.3 Å². The van der Waals surface area contributed by atoms with E-state index in [1.54, 1.807) is 43.3 Å². The molecule has 0 radical (unpaired) electrons. The minimum absolute atomic E-state index is 0.150. The molecule has 5 nitrogen and oxygen atoms in total. The normalized spacial score (nSPS) is 14.0. The quantitative estimate of drug-likeness (QED) is 0.586. The van der Waals surface area contributed by atoms with Crippen molar-refractivity contribution in [3.63, 3.8) is 0 Å². The molecule has 0 saturated heterocycles. The fourth-order valence-corrected chi connectivity index (χ4v) is 5.16. The number of amides is 1. The summed E-state index contributed by atoms with van der Waals surface area (Å²) in [7, 11) is -3.73. The third kappa shape index (κ3) is 4.49. The second kappa shape index (κ2) is 8.55. The Morgan fingerprint density at radius 2 is 1.68 bits per heavy atom. The Hall–Kier alpha value is -3.12. The SMILES string of the molecule is Cc1c(NS(=O)(=O)c2ccccc2)cccc1C(=O)N[C@@H](C)c1ccc2c(c1)CCC2. The number of benzene rings is 3. The van der Waals surface area contributed by atoms with Gasteiger partial charge in [-0.25, -0.2) is 8.42 Å². The van der Waals surface area contributed by atoms with Crippen molar-refractivity contribution in [3.8, 4) is 0 Å². The number of carbonyl (C=O) groups excluding carboxylic acids is 1. The zero-order valence-electron chi connectivity index (χ0n) is 17.7. The average Bonchev–Trinajstić information content (AvgIpc) is 3.23. The molecule has 6 heteroatoms. The van der Waals surface area contributed by atoms with Crippen molar-refractivity contribution in [2.75, 3.05) is 4.72 Å². The lowest BCUT2D eigenvalue weighted by atomic mass is 10.0. The molecule has 1 atom stereocenters. The maximum absolute atomic E-state index is 13.0. The van der Waals surface area contributed by atoms with Crippen LogP contribution in [0.3, 0.4) is 0 Å². The number of sulfonamides is 1. The molecule has 0 heterocycles. The summed E-state index contributed by atoms with van der Waals surface area (Å²) in [5.74, 6) is -0.230. The van der Waals surface area contributed by atoms with Crippen molar-refractivity contribution in [2.24, 2.45) is 0 Å².